The van der Waals surface area contributed by atoms with Crippen LogP contribution in [0.2, 0.25) is 0 Å². The monoisotopic (exact) mass is 187 g/mol. The molecule has 0 bridgehead atoms. The van der Waals surface area contributed by atoms with E-state index < -0.39 is 11.7 Å². The summed E-state index contributed by atoms with van der Waals surface area (Å²) in [7, 11) is 0. The van der Waals surface area contributed by atoms with Crippen molar-refractivity contribution in [3.8, 4) is 0 Å². The summed E-state index contributed by atoms with van der Waals surface area (Å²) in [6.07, 6.45) is -4.35. The number of benzene rings is 1. The molecule has 1 rings (SSSR count). The van der Waals surface area contributed by atoms with E-state index in [0.717, 1.165) is 18.2 Å². The van der Waals surface area contributed by atoms with Gasteiger partial charge in [0.2, 0.25) is 5.39 Å². The highest BCUT2D eigenvalue weighted by atomic mass is 19.4. The van der Waals surface area contributed by atoms with Crippen LogP contribution in [0.4, 0.5) is 18.9 Å². The Balaban J connectivity index is 3.20. The molecule has 1 aromatic carbocycles. The van der Waals surface area contributed by atoms with Crippen molar-refractivity contribution >= 4 is 5.69 Å². The fraction of sp³-hybridized carbons (Fsp3) is 0.250. The van der Waals surface area contributed by atoms with Gasteiger partial charge in [0.05, 0.1) is 5.56 Å². The molecule has 0 aliphatic rings. The van der Waals surface area contributed by atoms with Gasteiger partial charge in [-0.25, -0.2) is 0 Å². The Kier molecular flexibility index (Phi) is 2.24. The molecule has 13 heavy (non-hydrogen) atoms. The second-order valence-corrected chi connectivity index (χ2v) is 2.60. The second kappa shape index (κ2) is 3.05. The highest BCUT2D eigenvalue weighted by Crippen LogP contribution is 2.32. The van der Waals surface area contributed by atoms with Crippen LogP contribution in [-0.4, -0.2) is 0 Å². The maximum atomic E-state index is 12.1. The Morgan fingerprint density at radius 3 is 2.31 bits per heavy atom. The second-order valence-electron chi connectivity index (χ2n) is 2.60. The van der Waals surface area contributed by atoms with Crippen molar-refractivity contribution in [2.24, 2.45) is 0 Å². The first kappa shape index (κ1) is 9.52. The number of diazo groups is 1. The molecule has 0 aromatic heterocycles. The molecule has 68 valence electrons. The third-order valence-electron chi connectivity index (χ3n) is 1.63. The lowest BCUT2D eigenvalue weighted by Crippen LogP contribution is -2.04. The largest absolute Gasteiger partial charge is 0.416 e. The molecule has 0 aliphatic heterocycles. The molecular formula is C8H6F3N2+. The number of hydrogen-bond donors (Lipinski definition) is 0. The van der Waals surface area contributed by atoms with Gasteiger partial charge in [-0.3, -0.25) is 0 Å². The first-order chi connectivity index (χ1) is 5.95. The minimum absolute atomic E-state index is 0.146. The molecule has 2 nitrogen and oxygen atoms in total. The van der Waals surface area contributed by atoms with Crippen LogP contribution in [0.25, 0.3) is 4.98 Å². The standard InChI is InChI=1S/C8H6F3N2/c1-5-4-6(8(9,10)11)2-3-7(5)13-12/h2-4H,1H3/q+1. The van der Waals surface area contributed by atoms with Crippen molar-refractivity contribution in [1.82, 2.24) is 0 Å². The number of halogens is 3. The van der Waals surface area contributed by atoms with Crippen LogP contribution in [0, 0.1) is 12.3 Å². The van der Waals surface area contributed by atoms with Gasteiger partial charge in [0.15, 0.2) is 4.98 Å². The topological polar surface area (TPSA) is 28.1 Å². The Bertz CT molecular complexity index is 363. The first-order valence-electron chi connectivity index (χ1n) is 3.48. The van der Waals surface area contributed by atoms with Crippen LogP contribution in [0.5, 0.6) is 0 Å². The molecule has 0 fully saturated rings. The van der Waals surface area contributed by atoms with Crippen LogP contribution in [-0.2, 0) is 6.18 Å². The summed E-state index contributed by atoms with van der Waals surface area (Å²) >= 11 is 0. The molecule has 0 saturated carbocycles. The van der Waals surface area contributed by atoms with Crippen LogP contribution in [0.3, 0.4) is 0 Å². The molecule has 0 amide bonds. The number of hydrogen-bond acceptors (Lipinski definition) is 1. The van der Waals surface area contributed by atoms with Crippen molar-refractivity contribution in [1.29, 1.82) is 5.39 Å². The summed E-state index contributed by atoms with van der Waals surface area (Å²) < 4.78 is 36.3. The summed E-state index contributed by atoms with van der Waals surface area (Å²) in [5.74, 6) is 0. The first-order valence-corrected chi connectivity index (χ1v) is 3.48. The minimum Gasteiger partial charge on any atom is -0.166 e. The van der Waals surface area contributed by atoms with Gasteiger partial charge in [-0.2, -0.15) is 13.2 Å². The number of alkyl halides is 3. The molecule has 0 unspecified atom stereocenters. The molecule has 0 N–H and O–H groups in total. The third kappa shape index (κ3) is 1.96. The van der Waals surface area contributed by atoms with Gasteiger partial charge in [-0.05, 0) is 19.1 Å². The smallest absolute Gasteiger partial charge is 0.166 e. The lowest BCUT2D eigenvalue weighted by atomic mass is 10.1. The molecule has 0 heterocycles. The quantitative estimate of drug-likeness (QED) is 0.571. The van der Waals surface area contributed by atoms with Crippen LogP contribution >= 0.6 is 0 Å². The Morgan fingerprint density at radius 2 is 1.92 bits per heavy atom. The Hall–Kier alpha value is -1.57. The Morgan fingerprint density at radius 1 is 1.31 bits per heavy atom. The van der Waals surface area contributed by atoms with E-state index in [1.54, 1.807) is 0 Å². The van der Waals surface area contributed by atoms with Gasteiger partial charge < -0.3 is 0 Å². The molecule has 0 aliphatic carbocycles. The molecule has 0 atom stereocenters. The van der Waals surface area contributed by atoms with Crippen LogP contribution < -0.4 is 0 Å². The Labute approximate surface area is 72.6 Å². The van der Waals surface area contributed by atoms with Crippen molar-refractivity contribution in [3.63, 3.8) is 0 Å². The minimum atomic E-state index is -4.35. The summed E-state index contributed by atoms with van der Waals surface area (Å²) in [6.45, 7) is 1.45. The number of rotatable bonds is 0. The van der Waals surface area contributed by atoms with Crippen molar-refractivity contribution in [2.45, 2.75) is 13.1 Å². The molecule has 0 saturated heterocycles. The lowest BCUT2D eigenvalue weighted by molar-refractivity contribution is -0.137. The zero-order chi connectivity index (χ0) is 10.1. The normalized spacial score (nSPS) is 11.0. The molecule has 0 spiro atoms. The van der Waals surface area contributed by atoms with E-state index in [1.807, 2.05) is 0 Å². The van der Waals surface area contributed by atoms with E-state index in [0.29, 0.717) is 0 Å². The summed E-state index contributed by atoms with van der Waals surface area (Å²) in [6, 6.07) is 2.94. The van der Waals surface area contributed by atoms with Crippen molar-refractivity contribution in [2.75, 3.05) is 0 Å². The van der Waals surface area contributed by atoms with Crippen molar-refractivity contribution in [3.05, 3.63) is 34.3 Å². The average Bonchev–Trinajstić information content (AvgIpc) is 2.02. The van der Waals surface area contributed by atoms with Gasteiger partial charge in [0.1, 0.15) is 0 Å². The van der Waals surface area contributed by atoms with Gasteiger partial charge in [0.25, 0.3) is 0 Å². The van der Waals surface area contributed by atoms with Gasteiger partial charge in [-0.15, -0.1) is 0 Å². The summed E-state index contributed by atoms with van der Waals surface area (Å²) in [5, 5.41) is 8.36. The van der Waals surface area contributed by atoms with E-state index in [-0.39, 0.29) is 11.3 Å². The van der Waals surface area contributed by atoms with E-state index in [1.165, 1.54) is 6.92 Å². The van der Waals surface area contributed by atoms with Gasteiger partial charge in [-0.1, -0.05) is 0 Å². The average molecular weight is 187 g/mol. The maximum Gasteiger partial charge on any atom is 0.416 e. The SMILES string of the molecule is Cc1cc(C(F)(F)F)ccc1[N+]#N. The predicted molar refractivity (Wildman–Crippen MR) is 40.9 cm³/mol. The van der Waals surface area contributed by atoms with Crippen LogP contribution in [0.1, 0.15) is 11.1 Å². The predicted octanol–water partition coefficient (Wildman–Crippen LogP) is 3.50. The van der Waals surface area contributed by atoms with Gasteiger partial charge in [0, 0.05) is 11.6 Å². The molecule has 1 aromatic rings. The molecular weight excluding hydrogens is 181 g/mol. The third-order valence-corrected chi connectivity index (χ3v) is 1.63. The summed E-state index contributed by atoms with van der Waals surface area (Å²) in [5.41, 5.74) is -0.303. The fourth-order valence-electron chi connectivity index (χ4n) is 0.944. The highest BCUT2D eigenvalue weighted by Gasteiger charge is 2.31. The zero-order valence-electron chi connectivity index (χ0n) is 6.76. The fourth-order valence-corrected chi connectivity index (χ4v) is 0.944. The molecule has 0 radical (unpaired) electrons. The zero-order valence-corrected chi connectivity index (χ0v) is 6.76. The van der Waals surface area contributed by atoms with E-state index in [9.17, 15) is 13.2 Å². The van der Waals surface area contributed by atoms with E-state index >= 15 is 0 Å². The van der Waals surface area contributed by atoms with Crippen LogP contribution in [0.15, 0.2) is 18.2 Å². The highest BCUT2D eigenvalue weighted by molar-refractivity contribution is 5.52. The maximum absolute atomic E-state index is 12.1. The van der Waals surface area contributed by atoms with Crippen molar-refractivity contribution < 1.29 is 13.2 Å². The lowest BCUT2D eigenvalue weighted by Gasteiger charge is -2.04. The number of aryl methyl sites for hydroxylation is 1. The van der Waals surface area contributed by atoms with Gasteiger partial charge >= 0.3 is 11.9 Å². The van der Waals surface area contributed by atoms with E-state index in [4.69, 9.17) is 5.39 Å². The number of nitrogens with zero attached hydrogens (tertiary/aromatic N) is 2. The molecule has 5 heteroatoms. The summed E-state index contributed by atoms with van der Waals surface area (Å²) in [4.78, 5) is 2.83. The van der Waals surface area contributed by atoms with E-state index in [2.05, 4.69) is 4.98 Å².